The summed E-state index contributed by atoms with van der Waals surface area (Å²) in [5.41, 5.74) is 9.02. The molecule has 29 heavy (non-hydrogen) atoms. The molecule has 5 nitrogen and oxygen atoms in total. The van der Waals surface area contributed by atoms with Crippen LogP contribution in [0, 0.1) is 16.7 Å². The highest BCUT2D eigenvalue weighted by Crippen LogP contribution is 2.41. The number of hydrogen-bond donors (Lipinski definition) is 2. The van der Waals surface area contributed by atoms with Gasteiger partial charge in [0.2, 0.25) is 5.91 Å². The largest absolute Gasteiger partial charge is 0.496 e. The molecule has 6 heteroatoms. The molecule has 1 fully saturated rings. The van der Waals surface area contributed by atoms with Crippen LogP contribution in [0.2, 0.25) is 0 Å². The third kappa shape index (κ3) is 4.90. The third-order valence-electron chi connectivity index (χ3n) is 6.03. The van der Waals surface area contributed by atoms with E-state index in [1.807, 2.05) is 43.4 Å². The Labute approximate surface area is 178 Å². The Bertz CT molecular complexity index is 882. The van der Waals surface area contributed by atoms with E-state index in [2.05, 4.69) is 17.5 Å². The van der Waals surface area contributed by atoms with Crippen LogP contribution < -0.4 is 15.8 Å². The Morgan fingerprint density at radius 2 is 1.83 bits per heavy atom. The van der Waals surface area contributed by atoms with Crippen LogP contribution in [0.4, 0.5) is 0 Å². The minimum Gasteiger partial charge on any atom is -0.496 e. The van der Waals surface area contributed by atoms with Gasteiger partial charge in [-0.3, -0.25) is 4.79 Å². The van der Waals surface area contributed by atoms with E-state index in [-0.39, 0.29) is 18.3 Å². The molecule has 1 amide bonds. The van der Waals surface area contributed by atoms with Gasteiger partial charge in [-0.05, 0) is 80.1 Å². The number of carbonyl (C=O) groups is 1. The van der Waals surface area contributed by atoms with Gasteiger partial charge < -0.3 is 15.8 Å². The van der Waals surface area contributed by atoms with Gasteiger partial charge in [-0.15, -0.1) is 12.4 Å². The van der Waals surface area contributed by atoms with E-state index >= 15 is 0 Å². The van der Waals surface area contributed by atoms with Crippen LogP contribution in [0.3, 0.4) is 0 Å². The molecule has 3 N–H and O–H groups in total. The standard InChI is InChI=1S/C23H27N3O2.ClH/c1-26-20-9-11-23(12-10-20,22(25)27)14-19-13-18(7-8-21(19)28-2)17-5-3-16(15-24)4-6-17;/h3-8,13,20,26H,9-12,14H2,1-2H3,(H2,25,27);1H. The van der Waals surface area contributed by atoms with Crippen molar-refractivity contribution in [2.45, 2.75) is 38.1 Å². The molecule has 2 aromatic carbocycles. The summed E-state index contributed by atoms with van der Waals surface area (Å²) in [6, 6.07) is 16.1. The molecule has 1 aliphatic carbocycles. The lowest BCUT2D eigenvalue weighted by Crippen LogP contribution is -2.45. The van der Waals surface area contributed by atoms with Crippen molar-refractivity contribution in [2.75, 3.05) is 14.2 Å². The fourth-order valence-corrected chi connectivity index (χ4v) is 4.17. The molecule has 0 aromatic heterocycles. The number of rotatable bonds is 6. The van der Waals surface area contributed by atoms with E-state index in [1.54, 1.807) is 7.11 Å². The van der Waals surface area contributed by atoms with Crippen LogP contribution in [0.1, 0.15) is 36.8 Å². The molecule has 0 unspecified atom stereocenters. The number of primary amides is 1. The number of methoxy groups -OCH3 is 1. The molecule has 3 rings (SSSR count). The second kappa shape index (κ2) is 9.78. The van der Waals surface area contributed by atoms with Gasteiger partial charge in [-0.2, -0.15) is 5.26 Å². The summed E-state index contributed by atoms with van der Waals surface area (Å²) < 4.78 is 5.57. The van der Waals surface area contributed by atoms with Crippen molar-refractivity contribution in [1.82, 2.24) is 5.32 Å². The summed E-state index contributed by atoms with van der Waals surface area (Å²) in [6.07, 6.45) is 4.01. The average molecular weight is 414 g/mol. The maximum Gasteiger partial charge on any atom is 0.223 e. The predicted octanol–water partition coefficient (Wildman–Crippen LogP) is 3.83. The predicted molar refractivity (Wildman–Crippen MR) is 117 cm³/mol. The van der Waals surface area contributed by atoms with Crippen molar-refractivity contribution in [1.29, 1.82) is 5.26 Å². The molecule has 0 heterocycles. The Kier molecular flexibility index (Phi) is 7.66. The van der Waals surface area contributed by atoms with Crippen molar-refractivity contribution in [3.05, 3.63) is 53.6 Å². The topological polar surface area (TPSA) is 88.1 Å². The van der Waals surface area contributed by atoms with Crippen molar-refractivity contribution < 1.29 is 9.53 Å². The Hall–Kier alpha value is -2.55. The summed E-state index contributed by atoms with van der Waals surface area (Å²) in [6.45, 7) is 0. The molecule has 0 radical (unpaired) electrons. The highest BCUT2D eigenvalue weighted by atomic mass is 35.5. The third-order valence-corrected chi connectivity index (χ3v) is 6.03. The highest BCUT2D eigenvalue weighted by Gasteiger charge is 2.40. The van der Waals surface area contributed by atoms with Crippen molar-refractivity contribution in [3.63, 3.8) is 0 Å². The molecule has 0 atom stereocenters. The lowest BCUT2D eigenvalue weighted by atomic mass is 9.68. The van der Waals surface area contributed by atoms with Crippen LogP contribution >= 0.6 is 12.4 Å². The molecule has 1 saturated carbocycles. The number of nitrogens with one attached hydrogen (secondary N) is 1. The number of benzene rings is 2. The maximum atomic E-state index is 12.4. The molecule has 0 bridgehead atoms. The molecule has 1 aliphatic rings. The first-order valence-corrected chi connectivity index (χ1v) is 9.66. The van der Waals surface area contributed by atoms with E-state index in [1.165, 1.54) is 0 Å². The second-order valence-electron chi connectivity index (χ2n) is 7.60. The number of halogens is 1. The van der Waals surface area contributed by atoms with Gasteiger partial charge in [0.05, 0.1) is 24.2 Å². The van der Waals surface area contributed by atoms with Crippen LogP contribution in [-0.2, 0) is 11.2 Å². The minimum atomic E-state index is -0.538. The first-order chi connectivity index (χ1) is 13.5. The summed E-state index contributed by atoms with van der Waals surface area (Å²) in [4.78, 5) is 12.4. The van der Waals surface area contributed by atoms with E-state index in [0.717, 1.165) is 48.1 Å². The van der Waals surface area contributed by atoms with Gasteiger partial charge >= 0.3 is 0 Å². The fourth-order valence-electron chi connectivity index (χ4n) is 4.17. The van der Waals surface area contributed by atoms with E-state index in [0.29, 0.717) is 18.0 Å². The van der Waals surface area contributed by atoms with Crippen LogP contribution in [0.5, 0.6) is 5.75 Å². The molecular weight excluding hydrogens is 386 g/mol. The molecule has 0 spiro atoms. The number of nitrogens with zero attached hydrogens (tertiary/aromatic N) is 1. The van der Waals surface area contributed by atoms with E-state index in [4.69, 9.17) is 15.7 Å². The monoisotopic (exact) mass is 413 g/mol. The summed E-state index contributed by atoms with van der Waals surface area (Å²) in [5.74, 6) is 0.543. The average Bonchev–Trinajstić information content (AvgIpc) is 2.74. The van der Waals surface area contributed by atoms with Crippen LogP contribution in [-0.4, -0.2) is 26.1 Å². The van der Waals surface area contributed by atoms with Gasteiger partial charge in [0.15, 0.2) is 0 Å². The summed E-state index contributed by atoms with van der Waals surface area (Å²) in [5, 5.41) is 12.3. The molecule has 154 valence electrons. The Balaban J connectivity index is 0.00000300. The SMILES string of the molecule is CNC1CCC(Cc2cc(-c3ccc(C#N)cc3)ccc2OC)(C(N)=O)CC1.Cl. The first-order valence-electron chi connectivity index (χ1n) is 9.66. The number of nitrogens with two attached hydrogens (primary N) is 1. The van der Waals surface area contributed by atoms with E-state index < -0.39 is 5.41 Å². The zero-order valence-electron chi connectivity index (χ0n) is 16.9. The van der Waals surface area contributed by atoms with Gasteiger partial charge in [-0.25, -0.2) is 0 Å². The highest BCUT2D eigenvalue weighted by molar-refractivity contribution is 5.85. The number of ether oxygens (including phenoxy) is 1. The van der Waals surface area contributed by atoms with Crippen molar-refractivity contribution in [3.8, 4) is 22.9 Å². The zero-order valence-corrected chi connectivity index (χ0v) is 17.7. The lowest BCUT2D eigenvalue weighted by molar-refractivity contribution is -0.129. The number of carbonyl (C=O) groups excluding carboxylic acids is 1. The van der Waals surface area contributed by atoms with Crippen LogP contribution in [0.25, 0.3) is 11.1 Å². The molecule has 2 aromatic rings. The number of hydrogen-bond acceptors (Lipinski definition) is 4. The quantitative estimate of drug-likeness (QED) is 0.753. The van der Waals surface area contributed by atoms with Gasteiger partial charge in [0, 0.05) is 6.04 Å². The van der Waals surface area contributed by atoms with Gasteiger partial charge in [-0.1, -0.05) is 18.2 Å². The maximum absolute atomic E-state index is 12.4. The molecule has 0 aliphatic heterocycles. The van der Waals surface area contributed by atoms with Crippen LogP contribution in [0.15, 0.2) is 42.5 Å². The summed E-state index contributed by atoms with van der Waals surface area (Å²) in [7, 11) is 3.61. The first kappa shape index (κ1) is 22.7. The lowest BCUT2D eigenvalue weighted by Gasteiger charge is -2.38. The van der Waals surface area contributed by atoms with E-state index in [9.17, 15) is 4.79 Å². The minimum absolute atomic E-state index is 0. The van der Waals surface area contributed by atoms with Crippen molar-refractivity contribution >= 4 is 18.3 Å². The Morgan fingerprint density at radius 3 is 2.34 bits per heavy atom. The fraction of sp³-hybridized carbons (Fsp3) is 0.391. The van der Waals surface area contributed by atoms with Gasteiger partial charge in [0.25, 0.3) is 0 Å². The Morgan fingerprint density at radius 1 is 1.21 bits per heavy atom. The zero-order chi connectivity index (χ0) is 20.1. The second-order valence-corrected chi connectivity index (χ2v) is 7.60. The molecular formula is C23H28ClN3O2. The number of amides is 1. The smallest absolute Gasteiger partial charge is 0.223 e. The van der Waals surface area contributed by atoms with Crippen molar-refractivity contribution in [2.24, 2.45) is 11.1 Å². The summed E-state index contributed by atoms with van der Waals surface area (Å²) >= 11 is 0. The number of nitriles is 1. The molecule has 0 saturated heterocycles. The van der Waals surface area contributed by atoms with Gasteiger partial charge in [0.1, 0.15) is 5.75 Å². The normalized spacial score (nSPS) is 20.9.